The van der Waals surface area contributed by atoms with Crippen molar-refractivity contribution in [3.63, 3.8) is 0 Å². The highest BCUT2D eigenvalue weighted by Gasteiger charge is 2.08. The van der Waals surface area contributed by atoms with Crippen LogP contribution in [-0.2, 0) is 6.42 Å². The molecule has 0 aliphatic carbocycles. The normalized spacial score (nSPS) is 12.1. The smallest absolute Gasteiger partial charge is 0.319 e. The standard InChI is InChI=1S/C20H24N2O/c1-4-17-9-11-19(12-10-17)16(3)22-20(23)21-14-13-18-8-6-5-7-15(18)2/h5-14,16H,4H2,1-3H3,(H2,21,22,23)/b14-13+. The average Bonchev–Trinajstić information content (AvgIpc) is 2.56. The largest absolute Gasteiger partial charge is 0.331 e. The average molecular weight is 308 g/mol. The molecule has 2 aromatic carbocycles. The molecule has 23 heavy (non-hydrogen) atoms. The summed E-state index contributed by atoms with van der Waals surface area (Å²) in [6.45, 7) is 6.15. The summed E-state index contributed by atoms with van der Waals surface area (Å²) in [5.74, 6) is 0. The van der Waals surface area contributed by atoms with Crippen LogP contribution in [0.15, 0.2) is 54.7 Å². The van der Waals surface area contributed by atoms with Gasteiger partial charge in [-0.1, -0.05) is 55.5 Å². The first-order chi connectivity index (χ1) is 11.1. The fraction of sp³-hybridized carbons (Fsp3) is 0.250. The lowest BCUT2D eigenvalue weighted by atomic mass is 10.1. The highest BCUT2D eigenvalue weighted by Crippen LogP contribution is 2.13. The molecule has 0 aromatic heterocycles. The van der Waals surface area contributed by atoms with Crippen LogP contribution >= 0.6 is 0 Å². The van der Waals surface area contributed by atoms with Crippen molar-refractivity contribution in [2.45, 2.75) is 33.2 Å². The Kier molecular flexibility index (Phi) is 5.98. The Bertz CT molecular complexity index is 674. The van der Waals surface area contributed by atoms with Gasteiger partial charge in [-0.15, -0.1) is 0 Å². The molecule has 0 radical (unpaired) electrons. The molecule has 0 fully saturated rings. The van der Waals surface area contributed by atoms with E-state index in [-0.39, 0.29) is 12.1 Å². The number of amides is 2. The third-order valence-corrected chi connectivity index (χ3v) is 3.90. The van der Waals surface area contributed by atoms with Crippen LogP contribution in [0, 0.1) is 6.92 Å². The predicted molar refractivity (Wildman–Crippen MR) is 96.1 cm³/mol. The van der Waals surface area contributed by atoms with Crippen molar-refractivity contribution in [2.75, 3.05) is 0 Å². The number of carbonyl (C=O) groups is 1. The van der Waals surface area contributed by atoms with Crippen LogP contribution in [-0.4, -0.2) is 6.03 Å². The molecule has 0 aliphatic rings. The van der Waals surface area contributed by atoms with Gasteiger partial charge in [-0.25, -0.2) is 4.79 Å². The summed E-state index contributed by atoms with van der Waals surface area (Å²) in [6.07, 6.45) is 4.59. The summed E-state index contributed by atoms with van der Waals surface area (Å²) < 4.78 is 0. The SMILES string of the molecule is CCc1ccc(C(C)NC(=O)N/C=C/c2ccccc2C)cc1. The summed E-state index contributed by atoms with van der Waals surface area (Å²) >= 11 is 0. The Morgan fingerprint density at radius 1 is 1.13 bits per heavy atom. The van der Waals surface area contributed by atoms with E-state index in [4.69, 9.17) is 0 Å². The van der Waals surface area contributed by atoms with Gasteiger partial charge in [-0.2, -0.15) is 0 Å². The Balaban J connectivity index is 1.87. The number of hydrogen-bond acceptors (Lipinski definition) is 1. The van der Waals surface area contributed by atoms with Crippen molar-refractivity contribution in [3.05, 3.63) is 77.0 Å². The molecular weight excluding hydrogens is 284 g/mol. The van der Waals surface area contributed by atoms with Crippen molar-refractivity contribution >= 4 is 12.1 Å². The lowest BCUT2D eigenvalue weighted by molar-refractivity contribution is 0.241. The van der Waals surface area contributed by atoms with Crippen molar-refractivity contribution in [2.24, 2.45) is 0 Å². The molecule has 1 atom stereocenters. The van der Waals surface area contributed by atoms with Crippen molar-refractivity contribution in [1.82, 2.24) is 10.6 Å². The van der Waals surface area contributed by atoms with Crippen LogP contribution in [0.5, 0.6) is 0 Å². The van der Waals surface area contributed by atoms with E-state index in [1.54, 1.807) is 6.20 Å². The van der Waals surface area contributed by atoms with Crippen LogP contribution in [0.3, 0.4) is 0 Å². The number of hydrogen-bond donors (Lipinski definition) is 2. The minimum absolute atomic E-state index is 0.0345. The van der Waals surface area contributed by atoms with Gasteiger partial charge in [0.05, 0.1) is 6.04 Å². The van der Waals surface area contributed by atoms with Crippen LogP contribution < -0.4 is 10.6 Å². The van der Waals surface area contributed by atoms with E-state index in [2.05, 4.69) is 41.8 Å². The molecule has 0 aliphatic heterocycles. The molecule has 0 bridgehead atoms. The minimum Gasteiger partial charge on any atom is -0.331 e. The highest BCUT2D eigenvalue weighted by atomic mass is 16.2. The second-order valence-corrected chi connectivity index (χ2v) is 5.62. The zero-order valence-electron chi connectivity index (χ0n) is 14.0. The van der Waals surface area contributed by atoms with E-state index in [9.17, 15) is 4.79 Å². The summed E-state index contributed by atoms with van der Waals surface area (Å²) in [6, 6.07) is 16.1. The molecule has 2 N–H and O–H groups in total. The van der Waals surface area contributed by atoms with Crippen molar-refractivity contribution in [3.8, 4) is 0 Å². The van der Waals surface area contributed by atoms with E-state index < -0.39 is 0 Å². The minimum atomic E-state index is -0.207. The molecule has 2 rings (SSSR count). The first kappa shape index (κ1) is 16.8. The first-order valence-electron chi connectivity index (χ1n) is 7.98. The molecule has 1 unspecified atom stereocenters. The second kappa shape index (κ2) is 8.18. The van der Waals surface area contributed by atoms with Crippen LogP contribution in [0.2, 0.25) is 0 Å². The van der Waals surface area contributed by atoms with Gasteiger partial charge in [0.2, 0.25) is 0 Å². The van der Waals surface area contributed by atoms with Gasteiger partial charge in [0.1, 0.15) is 0 Å². The van der Waals surface area contributed by atoms with Gasteiger partial charge < -0.3 is 10.6 Å². The van der Waals surface area contributed by atoms with Crippen LogP contribution in [0.4, 0.5) is 4.79 Å². The lowest BCUT2D eigenvalue weighted by Gasteiger charge is -2.14. The molecule has 120 valence electrons. The number of benzene rings is 2. The van der Waals surface area contributed by atoms with Gasteiger partial charge >= 0.3 is 6.03 Å². The van der Waals surface area contributed by atoms with Gasteiger partial charge in [0.25, 0.3) is 0 Å². The van der Waals surface area contributed by atoms with Gasteiger partial charge in [-0.05, 0) is 48.6 Å². The highest BCUT2D eigenvalue weighted by molar-refractivity contribution is 5.76. The lowest BCUT2D eigenvalue weighted by Crippen LogP contribution is -2.34. The maximum atomic E-state index is 12.0. The Hall–Kier alpha value is -2.55. The first-order valence-corrected chi connectivity index (χ1v) is 7.98. The van der Waals surface area contributed by atoms with Crippen LogP contribution in [0.1, 0.15) is 42.1 Å². The number of rotatable bonds is 5. The van der Waals surface area contributed by atoms with Gasteiger partial charge in [-0.3, -0.25) is 0 Å². The quantitative estimate of drug-likeness (QED) is 0.833. The zero-order valence-corrected chi connectivity index (χ0v) is 14.0. The van der Waals surface area contributed by atoms with Crippen molar-refractivity contribution < 1.29 is 4.79 Å². The maximum Gasteiger partial charge on any atom is 0.319 e. The second-order valence-electron chi connectivity index (χ2n) is 5.62. The molecular formula is C20H24N2O. The van der Waals surface area contributed by atoms with Gasteiger partial charge in [0.15, 0.2) is 0 Å². The molecule has 3 heteroatoms. The van der Waals surface area contributed by atoms with Crippen molar-refractivity contribution in [1.29, 1.82) is 0 Å². The summed E-state index contributed by atoms with van der Waals surface area (Å²) in [7, 11) is 0. The Morgan fingerprint density at radius 2 is 1.83 bits per heavy atom. The van der Waals surface area contributed by atoms with E-state index in [0.29, 0.717) is 0 Å². The van der Waals surface area contributed by atoms with E-state index in [0.717, 1.165) is 17.5 Å². The van der Waals surface area contributed by atoms with E-state index in [1.807, 2.05) is 44.2 Å². The molecule has 0 saturated heterocycles. The number of nitrogens with one attached hydrogen (secondary N) is 2. The topological polar surface area (TPSA) is 41.1 Å². The Morgan fingerprint density at radius 3 is 2.48 bits per heavy atom. The van der Waals surface area contributed by atoms with E-state index in [1.165, 1.54) is 11.1 Å². The monoisotopic (exact) mass is 308 g/mol. The molecule has 0 spiro atoms. The molecule has 2 aromatic rings. The summed E-state index contributed by atoms with van der Waals surface area (Å²) in [5.41, 5.74) is 4.66. The number of carbonyl (C=O) groups excluding carboxylic acids is 1. The third-order valence-electron chi connectivity index (χ3n) is 3.90. The third kappa shape index (κ3) is 4.99. The number of urea groups is 1. The summed E-state index contributed by atoms with van der Waals surface area (Å²) in [5, 5.41) is 5.68. The maximum absolute atomic E-state index is 12.0. The molecule has 2 amide bonds. The fourth-order valence-corrected chi connectivity index (χ4v) is 2.34. The fourth-order valence-electron chi connectivity index (χ4n) is 2.34. The van der Waals surface area contributed by atoms with E-state index >= 15 is 0 Å². The number of aryl methyl sites for hydroxylation is 2. The summed E-state index contributed by atoms with van der Waals surface area (Å²) in [4.78, 5) is 12.0. The van der Waals surface area contributed by atoms with Gasteiger partial charge in [0, 0.05) is 6.20 Å². The zero-order chi connectivity index (χ0) is 16.7. The van der Waals surface area contributed by atoms with Crippen LogP contribution in [0.25, 0.3) is 6.08 Å². The molecule has 3 nitrogen and oxygen atoms in total. The Labute approximate surface area is 138 Å². The predicted octanol–water partition coefficient (Wildman–Crippen LogP) is 4.59. The molecule has 0 heterocycles. The molecule has 0 saturated carbocycles.